The van der Waals surface area contributed by atoms with Crippen molar-refractivity contribution in [3.8, 4) is 0 Å². The molecule has 0 saturated carbocycles. The van der Waals surface area contributed by atoms with E-state index < -0.39 is 12.0 Å². The van der Waals surface area contributed by atoms with Crippen LogP contribution in [0.25, 0.3) is 0 Å². The van der Waals surface area contributed by atoms with Gasteiger partial charge in [-0.25, -0.2) is 0 Å². The molecular weight excluding hydrogens is 232 g/mol. The summed E-state index contributed by atoms with van der Waals surface area (Å²) in [7, 11) is 0. The number of halogens is 3. The molecule has 0 bridgehead atoms. The monoisotopic (exact) mass is 245 g/mol. The summed E-state index contributed by atoms with van der Waals surface area (Å²) >= 11 is 5.69. The summed E-state index contributed by atoms with van der Waals surface area (Å²) in [6.07, 6.45) is 2.36. The Morgan fingerprint density at radius 2 is 1.88 bits per heavy atom. The summed E-state index contributed by atoms with van der Waals surface area (Å²) in [6.45, 7) is 0.674. The van der Waals surface area contributed by atoms with E-state index in [1.165, 1.54) is 24.3 Å². The van der Waals surface area contributed by atoms with Crippen LogP contribution in [-0.2, 0) is 5.92 Å². The quantitative estimate of drug-likeness (QED) is 0.840. The topological polar surface area (TPSA) is 12.0 Å². The molecule has 2 rings (SSSR count). The first-order chi connectivity index (χ1) is 7.60. The Labute approximate surface area is 98.8 Å². The Bertz CT molecular complexity index is 345. The minimum atomic E-state index is -2.81. The zero-order valence-corrected chi connectivity index (χ0v) is 9.61. The Morgan fingerprint density at radius 1 is 1.19 bits per heavy atom. The number of benzene rings is 1. The lowest BCUT2D eigenvalue weighted by Crippen LogP contribution is -2.45. The molecular formula is C12H14ClF2N. The van der Waals surface area contributed by atoms with Crippen LogP contribution in [0.4, 0.5) is 8.78 Å². The molecule has 1 fully saturated rings. The van der Waals surface area contributed by atoms with Gasteiger partial charge in [0.15, 0.2) is 0 Å². The number of alkyl halides is 2. The second-order valence-electron chi connectivity index (χ2n) is 4.13. The van der Waals surface area contributed by atoms with Gasteiger partial charge in [0.2, 0.25) is 0 Å². The third-order valence-electron chi connectivity index (χ3n) is 2.98. The van der Waals surface area contributed by atoms with Crippen LogP contribution in [0.15, 0.2) is 24.3 Å². The predicted molar refractivity (Wildman–Crippen MR) is 61.0 cm³/mol. The van der Waals surface area contributed by atoms with Crippen LogP contribution in [0.3, 0.4) is 0 Å². The second-order valence-corrected chi connectivity index (χ2v) is 4.57. The molecule has 1 nitrogen and oxygen atoms in total. The standard InChI is InChI=1S/C12H14ClF2N/c13-10-6-4-9(5-7-10)12(14,15)11-3-1-2-8-16-11/h4-7,11,16H,1-3,8H2. The molecule has 1 aromatic carbocycles. The van der Waals surface area contributed by atoms with Gasteiger partial charge in [0.25, 0.3) is 5.92 Å². The van der Waals surface area contributed by atoms with Gasteiger partial charge in [-0.1, -0.05) is 30.2 Å². The van der Waals surface area contributed by atoms with Crippen molar-refractivity contribution < 1.29 is 8.78 Å². The molecule has 1 N–H and O–H groups in total. The molecule has 0 spiro atoms. The lowest BCUT2D eigenvalue weighted by Gasteiger charge is -2.31. The van der Waals surface area contributed by atoms with Crippen LogP contribution in [0, 0.1) is 0 Å². The first-order valence-electron chi connectivity index (χ1n) is 5.48. The molecule has 1 aliphatic heterocycles. The van der Waals surface area contributed by atoms with Crippen molar-refractivity contribution in [1.82, 2.24) is 5.32 Å². The van der Waals surface area contributed by atoms with Gasteiger partial charge in [-0.15, -0.1) is 0 Å². The fourth-order valence-corrected chi connectivity index (χ4v) is 2.16. The largest absolute Gasteiger partial charge is 0.308 e. The van der Waals surface area contributed by atoms with Crippen LogP contribution in [0.1, 0.15) is 24.8 Å². The maximum atomic E-state index is 14.1. The fraction of sp³-hybridized carbons (Fsp3) is 0.500. The Balaban J connectivity index is 2.19. The van der Waals surface area contributed by atoms with E-state index in [1.807, 2.05) is 0 Å². The fourth-order valence-electron chi connectivity index (χ4n) is 2.03. The average Bonchev–Trinajstić information content (AvgIpc) is 2.31. The van der Waals surface area contributed by atoms with E-state index in [-0.39, 0.29) is 5.56 Å². The highest BCUT2D eigenvalue weighted by Crippen LogP contribution is 2.35. The maximum Gasteiger partial charge on any atom is 0.288 e. The molecule has 1 atom stereocenters. The van der Waals surface area contributed by atoms with Gasteiger partial charge in [-0.05, 0) is 31.5 Å². The van der Waals surface area contributed by atoms with E-state index in [2.05, 4.69) is 5.32 Å². The SMILES string of the molecule is FC(F)(c1ccc(Cl)cc1)C1CCCCN1. The summed E-state index contributed by atoms with van der Waals surface area (Å²) < 4.78 is 28.1. The lowest BCUT2D eigenvalue weighted by atomic mass is 9.94. The number of piperidine rings is 1. The van der Waals surface area contributed by atoms with Crippen molar-refractivity contribution in [1.29, 1.82) is 0 Å². The normalized spacial score (nSPS) is 22.1. The summed E-state index contributed by atoms with van der Waals surface area (Å²) in [6, 6.07) is 5.07. The van der Waals surface area contributed by atoms with Crippen LogP contribution in [0.2, 0.25) is 5.02 Å². The van der Waals surface area contributed by atoms with Crippen molar-refractivity contribution in [2.45, 2.75) is 31.2 Å². The first-order valence-corrected chi connectivity index (χ1v) is 5.86. The van der Waals surface area contributed by atoms with E-state index >= 15 is 0 Å². The van der Waals surface area contributed by atoms with Gasteiger partial charge in [-0.2, -0.15) is 8.78 Å². The summed E-state index contributed by atoms with van der Waals surface area (Å²) in [4.78, 5) is 0. The molecule has 0 amide bonds. The van der Waals surface area contributed by atoms with Crippen molar-refractivity contribution in [3.63, 3.8) is 0 Å². The number of hydrogen-bond donors (Lipinski definition) is 1. The second kappa shape index (κ2) is 4.68. The van der Waals surface area contributed by atoms with Gasteiger partial charge in [0.05, 0.1) is 6.04 Å². The third-order valence-corrected chi connectivity index (χ3v) is 3.23. The predicted octanol–water partition coefficient (Wildman–Crippen LogP) is 3.57. The lowest BCUT2D eigenvalue weighted by molar-refractivity contribution is -0.0512. The number of hydrogen-bond acceptors (Lipinski definition) is 1. The zero-order chi connectivity index (χ0) is 11.6. The molecule has 1 unspecified atom stereocenters. The first kappa shape index (κ1) is 11.8. The molecule has 4 heteroatoms. The minimum absolute atomic E-state index is 0.0382. The van der Waals surface area contributed by atoms with E-state index in [9.17, 15) is 8.78 Å². The Kier molecular flexibility index (Phi) is 3.45. The molecule has 0 radical (unpaired) electrons. The van der Waals surface area contributed by atoms with Gasteiger partial charge in [0, 0.05) is 10.6 Å². The van der Waals surface area contributed by atoms with Crippen LogP contribution in [-0.4, -0.2) is 12.6 Å². The van der Waals surface area contributed by atoms with Gasteiger partial charge in [-0.3, -0.25) is 0 Å². The molecule has 0 aromatic heterocycles. The van der Waals surface area contributed by atoms with Crippen LogP contribution in [0.5, 0.6) is 0 Å². The minimum Gasteiger partial charge on any atom is -0.308 e. The van der Waals surface area contributed by atoms with E-state index in [4.69, 9.17) is 11.6 Å². The molecule has 88 valence electrons. The summed E-state index contributed by atoms with van der Waals surface area (Å²) in [5.74, 6) is -2.81. The number of rotatable bonds is 2. The Hall–Kier alpha value is -0.670. The highest BCUT2D eigenvalue weighted by atomic mass is 35.5. The third kappa shape index (κ3) is 2.36. The van der Waals surface area contributed by atoms with E-state index in [0.29, 0.717) is 18.0 Å². The van der Waals surface area contributed by atoms with Crippen LogP contribution < -0.4 is 5.32 Å². The molecule has 1 aliphatic rings. The average molecular weight is 246 g/mol. The van der Waals surface area contributed by atoms with Gasteiger partial charge < -0.3 is 5.32 Å². The van der Waals surface area contributed by atoms with Crippen molar-refractivity contribution in [3.05, 3.63) is 34.9 Å². The van der Waals surface area contributed by atoms with E-state index in [0.717, 1.165) is 12.8 Å². The van der Waals surface area contributed by atoms with Crippen molar-refractivity contribution in [2.75, 3.05) is 6.54 Å². The molecule has 1 heterocycles. The van der Waals surface area contributed by atoms with Crippen molar-refractivity contribution in [2.24, 2.45) is 0 Å². The highest BCUT2D eigenvalue weighted by Gasteiger charge is 2.41. The molecule has 0 aliphatic carbocycles. The van der Waals surface area contributed by atoms with Gasteiger partial charge in [0.1, 0.15) is 0 Å². The molecule has 16 heavy (non-hydrogen) atoms. The van der Waals surface area contributed by atoms with Gasteiger partial charge >= 0.3 is 0 Å². The zero-order valence-electron chi connectivity index (χ0n) is 8.85. The van der Waals surface area contributed by atoms with Crippen molar-refractivity contribution >= 4 is 11.6 Å². The number of nitrogens with one attached hydrogen (secondary N) is 1. The highest BCUT2D eigenvalue weighted by molar-refractivity contribution is 6.30. The smallest absolute Gasteiger partial charge is 0.288 e. The Morgan fingerprint density at radius 3 is 2.44 bits per heavy atom. The maximum absolute atomic E-state index is 14.1. The van der Waals surface area contributed by atoms with E-state index in [1.54, 1.807) is 0 Å². The van der Waals surface area contributed by atoms with Crippen LogP contribution >= 0.6 is 11.6 Å². The summed E-state index contributed by atoms with van der Waals surface area (Å²) in [5.41, 5.74) is 0.0382. The molecule has 1 aromatic rings. The molecule has 1 saturated heterocycles. The summed E-state index contributed by atoms with van der Waals surface area (Å²) in [5, 5.41) is 3.37.